The Morgan fingerprint density at radius 3 is 2.79 bits per heavy atom. The minimum atomic E-state index is 1.03. The van der Waals surface area contributed by atoms with Crippen LogP contribution in [0.2, 0.25) is 0 Å². The van der Waals surface area contributed by atoms with E-state index in [2.05, 4.69) is 37.3 Å². The molecule has 0 atom stereocenters. The van der Waals surface area contributed by atoms with Gasteiger partial charge in [0.25, 0.3) is 0 Å². The molecule has 0 aliphatic rings. The zero-order valence-electron chi connectivity index (χ0n) is 8.91. The van der Waals surface area contributed by atoms with Crippen LogP contribution in [-0.2, 0) is 13.5 Å². The van der Waals surface area contributed by atoms with E-state index in [0.29, 0.717) is 0 Å². The Morgan fingerprint density at radius 2 is 2.29 bits per heavy atom. The molecule has 0 radical (unpaired) electrons. The first-order valence-electron chi connectivity index (χ1n) is 5.02. The average Bonchev–Trinajstić information content (AvgIpc) is 2.59. The second-order valence-electron chi connectivity index (χ2n) is 3.33. The number of alkyl halides is 1. The van der Waals surface area contributed by atoms with Crippen LogP contribution in [0.15, 0.2) is 12.4 Å². The van der Waals surface area contributed by atoms with Crippen molar-refractivity contribution in [2.75, 3.05) is 25.0 Å². The number of rotatable bonds is 6. The lowest BCUT2D eigenvalue weighted by Gasteiger charge is -2.18. The Morgan fingerprint density at radius 1 is 1.50 bits per heavy atom. The molecule has 3 nitrogen and oxygen atoms in total. The summed E-state index contributed by atoms with van der Waals surface area (Å²) in [6.45, 7) is 5.50. The van der Waals surface area contributed by atoms with Gasteiger partial charge in [0.05, 0.1) is 0 Å². The van der Waals surface area contributed by atoms with Crippen LogP contribution in [0.25, 0.3) is 0 Å². The van der Waals surface area contributed by atoms with Gasteiger partial charge in [0.15, 0.2) is 0 Å². The second kappa shape index (κ2) is 6.19. The van der Waals surface area contributed by atoms with E-state index in [9.17, 15) is 0 Å². The van der Waals surface area contributed by atoms with Gasteiger partial charge in [-0.1, -0.05) is 22.9 Å². The van der Waals surface area contributed by atoms with Crippen LogP contribution in [0.1, 0.15) is 12.7 Å². The molecule has 0 saturated heterocycles. The molecule has 0 saturated carbocycles. The lowest BCUT2D eigenvalue weighted by molar-refractivity contribution is 0.308. The Kier molecular flexibility index (Phi) is 5.19. The Bertz CT molecular complexity index is 260. The fourth-order valence-electron chi connectivity index (χ4n) is 1.44. The summed E-state index contributed by atoms with van der Waals surface area (Å²) in [6.07, 6.45) is 4.89. The van der Waals surface area contributed by atoms with Gasteiger partial charge in [-0.25, -0.2) is 4.98 Å². The normalized spacial score (nSPS) is 11.1. The molecule has 4 heteroatoms. The summed E-state index contributed by atoms with van der Waals surface area (Å²) >= 11 is 3.46. The molecular formula is C10H18BrN3. The van der Waals surface area contributed by atoms with Crippen LogP contribution in [0.4, 0.5) is 0 Å². The molecule has 1 aromatic heterocycles. The lowest BCUT2D eigenvalue weighted by atomic mass is 10.3. The fourth-order valence-corrected chi connectivity index (χ4v) is 1.94. The van der Waals surface area contributed by atoms with Crippen molar-refractivity contribution in [3.8, 4) is 0 Å². The fraction of sp³-hybridized carbons (Fsp3) is 0.700. The highest BCUT2D eigenvalue weighted by atomic mass is 79.9. The highest BCUT2D eigenvalue weighted by molar-refractivity contribution is 9.09. The van der Waals surface area contributed by atoms with Crippen molar-refractivity contribution in [1.29, 1.82) is 0 Å². The summed E-state index contributed by atoms with van der Waals surface area (Å²) < 4.78 is 2.09. The molecule has 0 bridgehead atoms. The molecule has 0 amide bonds. The molecule has 1 rings (SSSR count). The van der Waals surface area contributed by atoms with Gasteiger partial charge in [0, 0.05) is 44.3 Å². The molecule has 1 heterocycles. The standard InChI is InChI=1S/C10H18BrN3/c1-3-14(8-5-11)7-4-10-12-6-9-13(10)2/h6,9H,3-5,7-8H2,1-2H3. The molecule has 0 aliphatic heterocycles. The minimum Gasteiger partial charge on any atom is -0.338 e. The average molecular weight is 260 g/mol. The SMILES string of the molecule is CCN(CCBr)CCc1nccn1C. The summed E-state index contributed by atoms with van der Waals surface area (Å²) in [5, 5.41) is 1.04. The maximum absolute atomic E-state index is 4.31. The van der Waals surface area contributed by atoms with Gasteiger partial charge in [0.2, 0.25) is 0 Å². The van der Waals surface area contributed by atoms with Crippen LogP contribution in [0.3, 0.4) is 0 Å². The molecule has 1 aromatic rings. The second-order valence-corrected chi connectivity index (χ2v) is 4.12. The third-order valence-electron chi connectivity index (χ3n) is 2.42. The largest absolute Gasteiger partial charge is 0.338 e. The maximum Gasteiger partial charge on any atom is 0.109 e. The van der Waals surface area contributed by atoms with Gasteiger partial charge < -0.3 is 9.47 Å². The molecule has 0 fully saturated rings. The van der Waals surface area contributed by atoms with Gasteiger partial charge in [-0.2, -0.15) is 0 Å². The number of aryl methyl sites for hydroxylation is 1. The third kappa shape index (κ3) is 3.42. The number of hydrogen-bond acceptors (Lipinski definition) is 2. The van der Waals surface area contributed by atoms with Crippen LogP contribution < -0.4 is 0 Å². The summed E-state index contributed by atoms with van der Waals surface area (Å²) in [4.78, 5) is 6.73. The van der Waals surface area contributed by atoms with Crippen molar-refractivity contribution in [1.82, 2.24) is 14.5 Å². The number of hydrogen-bond donors (Lipinski definition) is 0. The van der Waals surface area contributed by atoms with Crippen LogP contribution in [0, 0.1) is 0 Å². The van der Waals surface area contributed by atoms with Crippen molar-refractivity contribution in [3.63, 3.8) is 0 Å². The third-order valence-corrected chi connectivity index (χ3v) is 2.78. The summed E-state index contributed by atoms with van der Waals surface area (Å²) in [5.41, 5.74) is 0. The number of likely N-dealkylation sites (N-methyl/N-ethyl adjacent to an activating group) is 1. The van der Waals surface area contributed by atoms with Crippen molar-refractivity contribution in [2.45, 2.75) is 13.3 Å². The molecule has 14 heavy (non-hydrogen) atoms. The predicted octanol–water partition coefficient (Wildman–Crippen LogP) is 1.68. The molecule has 0 aliphatic carbocycles. The van der Waals surface area contributed by atoms with E-state index in [1.807, 2.05) is 19.4 Å². The van der Waals surface area contributed by atoms with E-state index in [4.69, 9.17) is 0 Å². The van der Waals surface area contributed by atoms with Gasteiger partial charge in [0.1, 0.15) is 5.82 Å². The quantitative estimate of drug-likeness (QED) is 0.726. The number of nitrogens with zero attached hydrogens (tertiary/aromatic N) is 3. The molecule has 0 N–H and O–H groups in total. The Hall–Kier alpha value is -0.350. The highest BCUT2D eigenvalue weighted by Gasteiger charge is 2.04. The van der Waals surface area contributed by atoms with E-state index in [-0.39, 0.29) is 0 Å². The number of imidazole rings is 1. The van der Waals surface area contributed by atoms with Gasteiger partial charge in [-0.05, 0) is 6.54 Å². The first kappa shape index (κ1) is 11.7. The van der Waals surface area contributed by atoms with Gasteiger partial charge >= 0.3 is 0 Å². The minimum absolute atomic E-state index is 1.03. The zero-order chi connectivity index (χ0) is 10.4. The first-order valence-corrected chi connectivity index (χ1v) is 6.14. The van der Waals surface area contributed by atoms with E-state index >= 15 is 0 Å². The van der Waals surface area contributed by atoms with E-state index in [0.717, 1.165) is 37.2 Å². The Balaban J connectivity index is 2.35. The smallest absolute Gasteiger partial charge is 0.109 e. The summed E-state index contributed by atoms with van der Waals surface area (Å²) in [6, 6.07) is 0. The summed E-state index contributed by atoms with van der Waals surface area (Å²) in [7, 11) is 2.04. The van der Waals surface area contributed by atoms with Crippen LogP contribution in [0.5, 0.6) is 0 Å². The maximum atomic E-state index is 4.31. The lowest BCUT2D eigenvalue weighted by Crippen LogP contribution is -2.28. The van der Waals surface area contributed by atoms with Crippen molar-refractivity contribution in [2.24, 2.45) is 7.05 Å². The summed E-state index contributed by atoms with van der Waals surface area (Å²) in [5.74, 6) is 1.16. The molecule has 0 aromatic carbocycles. The molecule has 0 spiro atoms. The topological polar surface area (TPSA) is 21.1 Å². The zero-order valence-corrected chi connectivity index (χ0v) is 10.5. The molecule has 0 unspecified atom stereocenters. The number of halogens is 1. The van der Waals surface area contributed by atoms with Crippen LogP contribution in [-0.4, -0.2) is 39.4 Å². The van der Waals surface area contributed by atoms with Gasteiger partial charge in [-0.15, -0.1) is 0 Å². The van der Waals surface area contributed by atoms with Crippen molar-refractivity contribution >= 4 is 15.9 Å². The number of aromatic nitrogens is 2. The Labute approximate surface area is 94.3 Å². The van der Waals surface area contributed by atoms with Crippen molar-refractivity contribution in [3.05, 3.63) is 18.2 Å². The van der Waals surface area contributed by atoms with Gasteiger partial charge in [-0.3, -0.25) is 0 Å². The van der Waals surface area contributed by atoms with Crippen molar-refractivity contribution < 1.29 is 0 Å². The first-order chi connectivity index (χ1) is 6.77. The van der Waals surface area contributed by atoms with E-state index in [1.54, 1.807) is 0 Å². The monoisotopic (exact) mass is 259 g/mol. The predicted molar refractivity (Wildman–Crippen MR) is 62.8 cm³/mol. The molecular weight excluding hydrogens is 242 g/mol. The molecule has 80 valence electrons. The van der Waals surface area contributed by atoms with E-state index in [1.165, 1.54) is 0 Å². The van der Waals surface area contributed by atoms with Crippen LogP contribution >= 0.6 is 15.9 Å². The van der Waals surface area contributed by atoms with E-state index < -0.39 is 0 Å². The highest BCUT2D eigenvalue weighted by Crippen LogP contribution is 1.98.